The molecule has 3 N–H and O–H groups in total. The van der Waals surface area contributed by atoms with E-state index in [4.69, 9.17) is 19.9 Å². The Morgan fingerprint density at radius 2 is 1.38 bits per heavy atom. The molecule has 5 saturated heterocycles. The third kappa shape index (κ3) is 7.12. The van der Waals surface area contributed by atoms with E-state index in [2.05, 4.69) is 40.0 Å². The average molecular weight is 774 g/mol. The maximum atomic E-state index is 14.3. The van der Waals surface area contributed by atoms with E-state index in [1.165, 1.54) is 29.4 Å². The Morgan fingerprint density at radius 1 is 0.782 bits per heavy atom. The number of fused-ring (bicyclic) bond motifs is 4. The third-order valence-corrected chi connectivity index (χ3v) is 10.2. The highest BCUT2D eigenvalue weighted by Gasteiger charge is 2.43. The minimum Gasteiger partial charge on any atom is -0.431 e. The van der Waals surface area contributed by atoms with Gasteiger partial charge in [-0.1, -0.05) is 0 Å². The summed E-state index contributed by atoms with van der Waals surface area (Å²) in [6.45, 7) is -4.91. The zero-order valence-corrected chi connectivity index (χ0v) is 28.8. The molecule has 0 spiro atoms. The summed E-state index contributed by atoms with van der Waals surface area (Å²) in [6, 6.07) is 5.91. The quantitative estimate of drug-likeness (QED) is 0.201. The topological polar surface area (TPSA) is 162 Å². The molecule has 290 valence electrons. The summed E-state index contributed by atoms with van der Waals surface area (Å²) in [4.78, 5) is 32.2. The van der Waals surface area contributed by atoms with Gasteiger partial charge in [0.25, 0.3) is 5.92 Å². The van der Waals surface area contributed by atoms with Gasteiger partial charge in [0.2, 0.25) is 11.9 Å². The summed E-state index contributed by atoms with van der Waals surface area (Å²) in [6.07, 6.45) is 3.91. The van der Waals surface area contributed by atoms with Crippen LogP contribution in [0.3, 0.4) is 0 Å². The number of nitrogens with zero attached hydrogens (tertiary/aromatic N) is 9. The standard InChI is InChI=1S/C34H33F6N11O4/c35-30(36)54-24-3-16(9-42-28(24)41)22-7-26(50-11-20-5-18(50)13-52-20)46-32(44-22)48-29-25(55-31(37)38)4-17(10-43-29)23-8-27(51-12-21-6-19(51)14-53-21)47-33(45-23)49-2-1-34(39,40)15-49/h3-4,7-10,18-21,30-31H,1-2,5-6,11-15H2,(H2,41,42)(H,43,44,46,48)/t18-,19-,20-,21-/m0/s1. The van der Waals surface area contributed by atoms with Gasteiger partial charge in [-0.25, -0.2) is 28.7 Å². The van der Waals surface area contributed by atoms with Crippen molar-refractivity contribution in [3.05, 3.63) is 36.7 Å². The Morgan fingerprint density at radius 3 is 1.96 bits per heavy atom. The van der Waals surface area contributed by atoms with Gasteiger partial charge in [0.15, 0.2) is 23.1 Å². The highest BCUT2D eigenvalue weighted by molar-refractivity contribution is 5.72. The maximum Gasteiger partial charge on any atom is 0.387 e. The molecule has 4 aromatic heterocycles. The first-order valence-electron chi connectivity index (χ1n) is 17.5. The molecule has 4 bridgehead atoms. The van der Waals surface area contributed by atoms with Crippen LogP contribution in [0.15, 0.2) is 36.7 Å². The van der Waals surface area contributed by atoms with E-state index in [1.54, 1.807) is 12.1 Å². The van der Waals surface area contributed by atoms with Crippen LogP contribution in [0.1, 0.15) is 19.3 Å². The van der Waals surface area contributed by atoms with Crippen molar-refractivity contribution in [2.75, 3.05) is 65.1 Å². The number of nitrogen functional groups attached to an aromatic ring is 1. The molecule has 15 nitrogen and oxygen atoms in total. The number of pyridine rings is 2. The molecular formula is C34H33F6N11O4. The number of ether oxygens (including phenoxy) is 4. The second-order valence-corrected chi connectivity index (χ2v) is 13.9. The smallest absolute Gasteiger partial charge is 0.387 e. The number of nitrogens with two attached hydrogens (primary N) is 1. The van der Waals surface area contributed by atoms with Crippen molar-refractivity contribution in [3.63, 3.8) is 0 Å². The molecule has 0 aromatic carbocycles. The fraction of sp³-hybridized carbons (Fsp3) is 0.471. The van der Waals surface area contributed by atoms with Crippen LogP contribution in [0.25, 0.3) is 22.5 Å². The molecule has 4 atom stereocenters. The van der Waals surface area contributed by atoms with Crippen LogP contribution >= 0.6 is 0 Å². The van der Waals surface area contributed by atoms with Crippen molar-refractivity contribution in [1.29, 1.82) is 0 Å². The van der Waals surface area contributed by atoms with E-state index in [1.807, 2.05) is 9.80 Å². The van der Waals surface area contributed by atoms with Gasteiger partial charge in [-0.05, 0) is 25.0 Å². The van der Waals surface area contributed by atoms with E-state index < -0.39 is 25.7 Å². The second-order valence-electron chi connectivity index (χ2n) is 13.9. The molecule has 5 aliphatic rings. The average Bonchev–Trinajstić information content (AvgIpc) is 4.01. The van der Waals surface area contributed by atoms with Gasteiger partial charge in [-0.2, -0.15) is 27.5 Å². The molecule has 4 aromatic rings. The molecular weight excluding hydrogens is 740 g/mol. The third-order valence-electron chi connectivity index (χ3n) is 10.2. The molecule has 9 heterocycles. The van der Waals surface area contributed by atoms with Gasteiger partial charge in [0.05, 0.1) is 55.4 Å². The summed E-state index contributed by atoms with van der Waals surface area (Å²) in [5.74, 6) is -3.18. The number of alkyl halides is 6. The monoisotopic (exact) mass is 773 g/mol. The molecule has 9 rings (SSSR count). The largest absolute Gasteiger partial charge is 0.431 e. The number of aromatic nitrogens is 6. The van der Waals surface area contributed by atoms with Gasteiger partial charge in [-0.3, -0.25) is 0 Å². The van der Waals surface area contributed by atoms with Gasteiger partial charge in [0, 0.05) is 61.7 Å². The summed E-state index contributed by atoms with van der Waals surface area (Å²) in [5, 5.41) is 2.88. The van der Waals surface area contributed by atoms with Crippen LogP contribution in [0, 0.1) is 0 Å². The molecule has 5 aliphatic heterocycles. The molecule has 0 saturated carbocycles. The molecule has 55 heavy (non-hydrogen) atoms. The van der Waals surface area contributed by atoms with E-state index in [0.717, 1.165) is 12.8 Å². The van der Waals surface area contributed by atoms with Gasteiger partial charge in [0.1, 0.15) is 11.6 Å². The number of morpholine rings is 2. The number of anilines is 6. The zero-order valence-electron chi connectivity index (χ0n) is 28.8. The predicted molar refractivity (Wildman–Crippen MR) is 184 cm³/mol. The van der Waals surface area contributed by atoms with Crippen LogP contribution in [0.2, 0.25) is 0 Å². The molecule has 5 fully saturated rings. The molecule has 0 aliphatic carbocycles. The predicted octanol–water partition coefficient (Wildman–Crippen LogP) is 4.72. The zero-order chi connectivity index (χ0) is 38.0. The van der Waals surface area contributed by atoms with Gasteiger partial charge < -0.3 is 44.7 Å². The minimum atomic E-state index is -3.27. The second kappa shape index (κ2) is 13.7. The summed E-state index contributed by atoms with van der Waals surface area (Å²) < 4.78 is 104. The first kappa shape index (κ1) is 35.3. The van der Waals surface area contributed by atoms with E-state index in [0.29, 0.717) is 37.9 Å². The Bertz CT molecular complexity index is 2100. The van der Waals surface area contributed by atoms with Crippen molar-refractivity contribution in [2.45, 2.75) is 62.7 Å². The first-order chi connectivity index (χ1) is 26.4. The summed E-state index contributed by atoms with van der Waals surface area (Å²) in [7, 11) is 0. The summed E-state index contributed by atoms with van der Waals surface area (Å²) in [5.41, 5.74) is 6.75. The molecule has 0 radical (unpaired) electrons. The van der Waals surface area contributed by atoms with E-state index in [-0.39, 0.29) is 94.8 Å². The van der Waals surface area contributed by atoms with Crippen molar-refractivity contribution in [3.8, 4) is 34.0 Å². The van der Waals surface area contributed by atoms with Crippen molar-refractivity contribution in [1.82, 2.24) is 29.9 Å². The van der Waals surface area contributed by atoms with Crippen molar-refractivity contribution >= 4 is 35.2 Å². The van der Waals surface area contributed by atoms with E-state index >= 15 is 0 Å². The Hall–Kier alpha value is -5.44. The molecule has 0 amide bonds. The highest BCUT2D eigenvalue weighted by atomic mass is 19.3. The van der Waals surface area contributed by atoms with Crippen LogP contribution in [-0.2, 0) is 9.47 Å². The SMILES string of the molecule is Nc1ncc(-c2cc(N3C[C@@H]4C[C@H]3CO4)nc(Nc3ncc(-c4cc(N5C[C@@H]6C[C@H]5CO6)nc(N5CCC(F)(F)C5)n4)cc3OC(F)F)n2)cc1OC(F)F. The van der Waals surface area contributed by atoms with Gasteiger partial charge in [-0.15, -0.1) is 0 Å². The number of rotatable bonds is 11. The van der Waals surface area contributed by atoms with Crippen LogP contribution in [0.4, 0.5) is 61.5 Å². The highest BCUT2D eigenvalue weighted by Crippen LogP contribution is 2.39. The normalized spacial score (nSPS) is 23.8. The maximum absolute atomic E-state index is 14.3. The minimum absolute atomic E-state index is 0.00991. The number of nitrogens with one attached hydrogen (secondary N) is 1. The van der Waals surface area contributed by atoms with Crippen molar-refractivity contribution in [2.24, 2.45) is 0 Å². The van der Waals surface area contributed by atoms with Crippen molar-refractivity contribution < 1.29 is 45.3 Å². The lowest BCUT2D eigenvalue weighted by atomic mass is 10.1. The van der Waals surface area contributed by atoms with Gasteiger partial charge >= 0.3 is 13.2 Å². The van der Waals surface area contributed by atoms with Crippen LogP contribution < -0.4 is 35.2 Å². The lowest BCUT2D eigenvalue weighted by Gasteiger charge is -2.29. The lowest BCUT2D eigenvalue weighted by Crippen LogP contribution is -2.38. The van der Waals surface area contributed by atoms with E-state index in [9.17, 15) is 26.3 Å². The fourth-order valence-corrected chi connectivity index (χ4v) is 7.67. The van der Waals surface area contributed by atoms with Crippen LogP contribution in [0.5, 0.6) is 11.5 Å². The Kier molecular flexibility index (Phi) is 8.78. The first-order valence-corrected chi connectivity index (χ1v) is 17.5. The lowest BCUT2D eigenvalue weighted by molar-refractivity contribution is -0.0501. The number of hydrogen-bond donors (Lipinski definition) is 2. The summed E-state index contributed by atoms with van der Waals surface area (Å²) >= 11 is 0. The number of halogens is 6. The Balaban J connectivity index is 1.08. The molecule has 21 heteroatoms. The Labute approximate surface area is 308 Å². The van der Waals surface area contributed by atoms with Crippen LogP contribution in [-0.4, -0.2) is 113 Å². The molecule has 0 unspecified atom stereocenters. The fourth-order valence-electron chi connectivity index (χ4n) is 7.67. The number of hydrogen-bond acceptors (Lipinski definition) is 15.